The van der Waals surface area contributed by atoms with Gasteiger partial charge in [0, 0.05) is 19.0 Å². The minimum atomic E-state index is -0.382. The van der Waals surface area contributed by atoms with E-state index in [-0.39, 0.29) is 16.8 Å². The summed E-state index contributed by atoms with van der Waals surface area (Å²) in [6.45, 7) is 6.20. The molecule has 0 radical (unpaired) electrons. The van der Waals surface area contributed by atoms with Crippen LogP contribution in [-0.4, -0.2) is 23.0 Å². The number of halogens is 2. The molecule has 1 rings (SSSR count). The van der Waals surface area contributed by atoms with Crippen LogP contribution in [0.25, 0.3) is 0 Å². The van der Waals surface area contributed by atoms with Crippen molar-refractivity contribution >= 4 is 28.8 Å². The summed E-state index contributed by atoms with van der Waals surface area (Å²) in [7, 11) is 0. The molecule has 0 fully saturated rings. The van der Waals surface area contributed by atoms with Crippen molar-refractivity contribution in [3.63, 3.8) is 0 Å². The van der Waals surface area contributed by atoms with Crippen molar-refractivity contribution < 1.29 is 4.39 Å². The number of rotatable bonds is 6. The fraction of sp³-hybridized carbons (Fsp3) is 0.462. The predicted molar refractivity (Wildman–Crippen MR) is 78.3 cm³/mol. The van der Waals surface area contributed by atoms with Gasteiger partial charge < -0.3 is 5.73 Å². The first-order chi connectivity index (χ1) is 8.45. The molecule has 100 valence electrons. The van der Waals surface area contributed by atoms with Gasteiger partial charge in [-0.1, -0.05) is 49.8 Å². The number of benzene rings is 1. The van der Waals surface area contributed by atoms with Gasteiger partial charge in [0.1, 0.15) is 5.82 Å². The van der Waals surface area contributed by atoms with Crippen LogP contribution in [0.1, 0.15) is 19.4 Å². The fourth-order valence-electron chi connectivity index (χ4n) is 1.69. The molecule has 0 aliphatic heterocycles. The first-order valence-electron chi connectivity index (χ1n) is 5.90. The molecule has 0 saturated carbocycles. The van der Waals surface area contributed by atoms with Gasteiger partial charge in [0.05, 0.1) is 10.0 Å². The molecule has 1 aromatic rings. The lowest BCUT2D eigenvalue weighted by Crippen LogP contribution is -2.33. The lowest BCUT2D eigenvalue weighted by atomic mass is 10.1. The third kappa shape index (κ3) is 4.19. The van der Waals surface area contributed by atoms with Gasteiger partial charge in [-0.15, -0.1) is 0 Å². The molecule has 0 aliphatic rings. The molecule has 0 amide bonds. The zero-order valence-electron chi connectivity index (χ0n) is 10.6. The van der Waals surface area contributed by atoms with Crippen LogP contribution in [0.15, 0.2) is 18.2 Å². The first-order valence-corrected chi connectivity index (χ1v) is 6.68. The zero-order valence-corrected chi connectivity index (χ0v) is 12.2. The van der Waals surface area contributed by atoms with E-state index in [0.29, 0.717) is 11.5 Å². The minimum Gasteiger partial charge on any atom is -0.393 e. The second-order valence-electron chi connectivity index (χ2n) is 4.34. The number of thiocarbonyl (C=S) groups is 1. The third-order valence-electron chi connectivity index (χ3n) is 2.89. The van der Waals surface area contributed by atoms with Crippen LogP contribution in [0, 0.1) is 11.7 Å². The van der Waals surface area contributed by atoms with Crippen molar-refractivity contribution in [1.29, 1.82) is 0 Å². The van der Waals surface area contributed by atoms with Crippen LogP contribution in [-0.2, 0) is 6.54 Å². The van der Waals surface area contributed by atoms with Crippen molar-refractivity contribution in [1.82, 2.24) is 4.90 Å². The molecule has 0 aromatic heterocycles. The Hall–Kier alpha value is -0.710. The number of nitrogens with two attached hydrogens (primary N) is 1. The number of hydrogen-bond donors (Lipinski definition) is 1. The monoisotopic (exact) mass is 288 g/mol. The van der Waals surface area contributed by atoms with Gasteiger partial charge in [-0.25, -0.2) is 4.39 Å². The van der Waals surface area contributed by atoms with E-state index in [1.54, 1.807) is 6.07 Å². The van der Waals surface area contributed by atoms with E-state index >= 15 is 0 Å². The van der Waals surface area contributed by atoms with E-state index in [4.69, 9.17) is 29.6 Å². The van der Waals surface area contributed by atoms with Gasteiger partial charge in [0.2, 0.25) is 0 Å². The topological polar surface area (TPSA) is 29.3 Å². The highest BCUT2D eigenvalue weighted by molar-refractivity contribution is 7.80. The van der Waals surface area contributed by atoms with E-state index in [0.717, 1.165) is 18.7 Å². The second kappa shape index (κ2) is 7.02. The summed E-state index contributed by atoms with van der Waals surface area (Å²) >= 11 is 10.9. The van der Waals surface area contributed by atoms with Gasteiger partial charge in [0.25, 0.3) is 0 Å². The molecular weight excluding hydrogens is 271 g/mol. The Morgan fingerprint density at radius 2 is 2.22 bits per heavy atom. The van der Waals surface area contributed by atoms with Crippen molar-refractivity contribution in [2.75, 3.05) is 13.1 Å². The summed E-state index contributed by atoms with van der Waals surface area (Å²) in [5, 5.41) is 0.193. The molecule has 0 saturated heterocycles. The van der Waals surface area contributed by atoms with Crippen molar-refractivity contribution in [3.8, 4) is 0 Å². The Balaban J connectivity index is 2.74. The quantitative estimate of drug-likeness (QED) is 0.815. The first kappa shape index (κ1) is 15.3. The largest absolute Gasteiger partial charge is 0.393 e. The Morgan fingerprint density at radius 3 is 2.78 bits per heavy atom. The lowest BCUT2D eigenvalue weighted by molar-refractivity contribution is 0.264. The Labute approximate surface area is 118 Å². The fourth-order valence-corrected chi connectivity index (χ4v) is 1.95. The van der Waals surface area contributed by atoms with E-state index in [9.17, 15) is 4.39 Å². The molecule has 1 aromatic carbocycles. The average molecular weight is 289 g/mol. The molecule has 18 heavy (non-hydrogen) atoms. The molecule has 1 atom stereocenters. The Kier molecular flexibility index (Phi) is 5.99. The van der Waals surface area contributed by atoms with Crippen LogP contribution in [0.4, 0.5) is 4.39 Å². The van der Waals surface area contributed by atoms with Gasteiger partial charge in [-0.05, 0) is 18.2 Å². The van der Waals surface area contributed by atoms with Gasteiger partial charge in [-0.3, -0.25) is 4.90 Å². The summed E-state index contributed by atoms with van der Waals surface area (Å²) < 4.78 is 13.3. The number of hydrogen-bond acceptors (Lipinski definition) is 2. The molecule has 0 spiro atoms. The SMILES string of the molecule is CCN(Cc1cccc(F)c1Cl)CC(C)C(N)=S. The molecule has 0 bridgehead atoms. The highest BCUT2D eigenvalue weighted by Gasteiger charge is 2.13. The molecular formula is C13H18ClFN2S. The Morgan fingerprint density at radius 1 is 1.56 bits per heavy atom. The van der Waals surface area contributed by atoms with Crippen LogP contribution >= 0.6 is 23.8 Å². The lowest BCUT2D eigenvalue weighted by Gasteiger charge is -2.24. The zero-order chi connectivity index (χ0) is 13.7. The van der Waals surface area contributed by atoms with Crippen LogP contribution in [0.2, 0.25) is 5.02 Å². The van der Waals surface area contributed by atoms with Crippen LogP contribution in [0.3, 0.4) is 0 Å². The smallest absolute Gasteiger partial charge is 0.142 e. The van der Waals surface area contributed by atoms with E-state index in [1.165, 1.54) is 6.07 Å². The van der Waals surface area contributed by atoms with E-state index < -0.39 is 0 Å². The minimum absolute atomic E-state index is 0.132. The van der Waals surface area contributed by atoms with E-state index in [2.05, 4.69) is 4.90 Å². The van der Waals surface area contributed by atoms with Crippen molar-refractivity contribution in [3.05, 3.63) is 34.6 Å². The highest BCUT2D eigenvalue weighted by atomic mass is 35.5. The molecule has 1 unspecified atom stereocenters. The van der Waals surface area contributed by atoms with Crippen molar-refractivity contribution in [2.45, 2.75) is 20.4 Å². The van der Waals surface area contributed by atoms with Gasteiger partial charge >= 0.3 is 0 Å². The van der Waals surface area contributed by atoms with Crippen LogP contribution < -0.4 is 5.73 Å². The summed E-state index contributed by atoms with van der Waals surface area (Å²) in [5.74, 6) is -0.250. The highest BCUT2D eigenvalue weighted by Crippen LogP contribution is 2.21. The Bertz CT molecular complexity index is 425. The van der Waals surface area contributed by atoms with Gasteiger partial charge in [0.15, 0.2) is 0 Å². The molecule has 5 heteroatoms. The average Bonchev–Trinajstić information content (AvgIpc) is 2.33. The maximum absolute atomic E-state index is 13.3. The molecule has 0 aliphatic carbocycles. The summed E-state index contributed by atoms with van der Waals surface area (Å²) in [4.78, 5) is 2.64. The normalized spacial score (nSPS) is 12.7. The third-order valence-corrected chi connectivity index (χ3v) is 3.72. The number of nitrogens with zero attached hydrogens (tertiary/aromatic N) is 1. The summed E-state index contributed by atoms with van der Waals surface area (Å²) in [6, 6.07) is 4.86. The van der Waals surface area contributed by atoms with Gasteiger partial charge in [-0.2, -0.15) is 0 Å². The second-order valence-corrected chi connectivity index (χ2v) is 5.19. The molecule has 2 nitrogen and oxygen atoms in total. The van der Waals surface area contributed by atoms with Crippen LogP contribution in [0.5, 0.6) is 0 Å². The van der Waals surface area contributed by atoms with E-state index in [1.807, 2.05) is 19.9 Å². The maximum Gasteiger partial charge on any atom is 0.142 e. The maximum atomic E-state index is 13.3. The summed E-state index contributed by atoms with van der Waals surface area (Å²) in [5.41, 5.74) is 6.39. The van der Waals surface area contributed by atoms with Crippen molar-refractivity contribution in [2.24, 2.45) is 11.7 Å². The molecule has 0 heterocycles. The molecule has 2 N–H and O–H groups in total. The standard InChI is InChI=1S/C13H18ClFN2S/c1-3-17(7-9(2)13(16)18)8-10-5-4-6-11(15)12(10)14/h4-6,9H,3,7-8H2,1-2H3,(H2,16,18). The predicted octanol–water partition coefficient (Wildman–Crippen LogP) is 3.22. The summed E-state index contributed by atoms with van der Waals surface area (Å²) in [6.07, 6.45) is 0.